The van der Waals surface area contributed by atoms with Crippen molar-refractivity contribution in [2.45, 2.75) is 19.8 Å². The highest BCUT2D eigenvalue weighted by atomic mass is 16.4. The fraction of sp³-hybridized carbons (Fsp3) is 0.385. The number of amides is 1. The summed E-state index contributed by atoms with van der Waals surface area (Å²) < 4.78 is 0. The van der Waals surface area contributed by atoms with Crippen molar-refractivity contribution in [3.8, 4) is 0 Å². The molecule has 0 aliphatic carbocycles. The van der Waals surface area contributed by atoms with Crippen molar-refractivity contribution >= 4 is 17.6 Å². The number of nitrogens with one attached hydrogen (secondary N) is 2. The van der Waals surface area contributed by atoms with Crippen molar-refractivity contribution in [1.82, 2.24) is 5.32 Å². The molecule has 0 fully saturated rings. The van der Waals surface area contributed by atoms with Gasteiger partial charge in [0, 0.05) is 12.1 Å². The minimum absolute atomic E-state index is 0.101. The second-order valence-electron chi connectivity index (χ2n) is 4.04. The van der Waals surface area contributed by atoms with E-state index < -0.39 is 5.97 Å². The highest BCUT2D eigenvalue weighted by Gasteiger charge is 2.11. The first-order valence-corrected chi connectivity index (χ1v) is 5.83. The maximum Gasteiger partial charge on any atom is 0.336 e. The first-order chi connectivity index (χ1) is 8.56. The molecule has 0 aliphatic rings. The maximum atomic E-state index is 11.6. The molecule has 18 heavy (non-hydrogen) atoms. The fourth-order valence-corrected chi connectivity index (χ4v) is 1.64. The summed E-state index contributed by atoms with van der Waals surface area (Å²) in [7, 11) is 1.83. The Morgan fingerprint density at radius 3 is 2.67 bits per heavy atom. The molecule has 0 saturated carbocycles. The molecule has 0 radical (unpaired) electrons. The number of aromatic carboxylic acids is 1. The van der Waals surface area contributed by atoms with E-state index in [1.165, 1.54) is 6.07 Å². The molecule has 0 heterocycles. The standard InChI is InChI=1S/C13H18N2O3/c1-9-10(13(17)18)5-3-6-11(9)15-12(16)7-4-8-14-2/h3,5-6,14H,4,7-8H2,1-2H3,(H,15,16)(H,17,18). The number of carbonyl (C=O) groups is 2. The largest absolute Gasteiger partial charge is 0.478 e. The molecule has 1 rings (SSSR count). The van der Waals surface area contributed by atoms with Crippen LogP contribution in [0.4, 0.5) is 5.69 Å². The van der Waals surface area contributed by atoms with E-state index in [-0.39, 0.29) is 11.5 Å². The van der Waals surface area contributed by atoms with Crippen LogP contribution < -0.4 is 10.6 Å². The zero-order valence-corrected chi connectivity index (χ0v) is 10.6. The normalized spacial score (nSPS) is 10.1. The van der Waals surface area contributed by atoms with Gasteiger partial charge in [-0.15, -0.1) is 0 Å². The van der Waals surface area contributed by atoms with Gasteiger partial charge in [0.1, 0.15) is 0 Å². The van der Waals surface area contributed by atoms with Gasteiger partial charge in [0.15, 0.2) is 0 Å². The first-order valence-electron chi connectivity index (χ1n) is 5.83. The molecule has 0 atom stereocenters. The van der Waals surface area contributed by atoms with Crippen LogP contribution in [0.5, 0.6) is 0 Å². The summed E-state index contributed by atoms with van der Waals surface area (Å²) in [4.78, 5) is 22.6. The molecule has 1 aromatic carbocycles. The third-order valence-corrected chi connectivity index (χ3v) is 2.67. The van der Waals surface area contributed by atoms with Gasteiger partial charge < -0.3 is 15.7 Å². The number of carboxylic acid groups (broad SMARTS) is 1. The SMILES string of the molecule is CNCCCC(=O)Nc1cccc(C(=O)O)c1C. The molecular weight excluding hydrogens is 232 g/mol. The minimum Gasteiger partial charge on any atom is -0.478 e. The molecule has 1 aromatic rings. The smallest absolute Gasteiger partial charge is 0.336 e. The second-order valence-corrected chi connectivity index (χ2v) is 4.04. The van der Waals surface area contributed by atoms with E-state index in [2.05, 4.69) is 10.6 Å². The number of anilines is 1. The molecule has 0 aromatic heterocycles. The Bertz CT molecular complexity index is 444. The number of hydrogen-bond donors (Lipinski definition) is 3. The molecule has 0 saturated heterocycles. The number of rotatable bonds is 6. The number of carbonyl (C=O) groups excluding carboxylic acids is 1. The lowest BCUT2D eigenvalue weighted by molar-refractivity contribution is -0.116. The molecule has 1 amide bonds. The Balaban J connectivity index is 2.70. The van der Waals surface area contributed by atoms with Gasteiger partial charge in [-0.3, -0.25) is 4.79 Å². The highest BCUT2D eigenvalue weighted by Crippen LogP contribution is 2.19. The van der Waals surface area contributed by atoms with Crippen molar-refractivity contribution in [3.63, 3.8) is 0 Å². The Morgan fingerprint density at radius 2 is 2.06 bits per heavy atom. The average Bonchev–Trinajstić information content (AvgIpc) is 2.32. The third-order valence-electron chi connectivity index (χ3n) is 2.67. The van der Waals surface area contributed by atoms with Gasteiger partial charge in [0.2, 0.25) is 5.91 Å². The van der Waals surface area contributed by atoms with E-state index in [4.69, 9.17) is 5.11 Å². The van der Waals surface area contributed by atoms with Crippen molar-refractivity contribution in [2.75, 3.05) is 18.9 Å². The predicted molar refractivity (Wildman–Crippen MR) is 69.9 cm³/mol. The van der Waals surface area contributed by atoms with Crippen molar-refractivity contribution in [2.24, 2.45) is 0 Å². The molecule has 98 valence electrons. The van der Waals surface area contributed by atoms with Crippen LogP contribution in [-0.2, 0) is 4.79 Å². The van der Waals surface area contributed by atoms with E-state index in [0.717, 1.165) is 13.0 Å². The highest BCUT2D eigenvalue weighted by molar-refractivity contribution is 5.95. The summed E-state index contributed by atoms with van der Waals surface area (Å²) in [5.41, 5.74) is 1.35. The quantitative estimate of drug-likeness (QED) is 0.670. The molecule has 0 bridgehead atoms. The summed E-state index contributed by atoms with van der Waals surface area (Å²) >= 11 is 0. The van der Waals surface area contributed by atoms with E-state index in [9.17, 15) is 9.59 Å². The van der Waals surface area contributed by atoms with E-state index in [1.807, 2.05) is 7.05 Å². The minimum atomic E-state index is -0.987. The van der Waals surface area contributed by atoms with Crippen LogP contribution in [0.15, 0.2) is 18.2 Å². The average molecular weight is 250 g/mol. The van der Waals surface area contributed by atoms with Gasteiger partial charge in [-0.2, -0.15) is 0 Å². The van der Waals surface area contributed by atoms with E-state index in [0.29, 0.717) is 17.7 Å². The number of hydrogen-bond acceptors (Lipinski definition) is 3. The van der Waals surface area contributed by atoms with Crippen LogP contribution in [0.25, 0.3) is 0 Å². The lowest BCUT2D eigenvalue weighted by Gasteiger charge is -2.10. The molecule has 0 unspecified atom stereocenters. The van der Waals surface area contributed by atoms with Crippen LogP contribution in [-0.4, -0.2) is 30.6 Å². The van der Waals surface area contributed by atoms with Crippen LogP contribution in [0.3, 0.4) is 0 Å². The zero-order valence-electron chi connectivity index (χ0n) is 10.6. The second kappa shape index (κ2) is 6.76. The van der Waals surface area contributed by atoms with Crippen LogP contribution in [0.2, 0.25) is 0 Å². The summed E-state index contributed by atoms with van der Waals surface area (Å²) in [6.45, 7) is 2.47. The molecule has 3 N–H and O–H groups in total. The zero-order chi connectivity index (χ0) is 13.5. The molecule has 0 aliphatic heterocycles. The Kier molecular flexibility index (Phi) is 5.32. The summed E-state index contributed by atoms with van der Waals surface area (Å²) in [5, 5.41) is 14.7. The van der Waals surface area contributed by atoms with Gasteiger partial charge >= 0.3 is 5.97 Å². The fourth-order valence-electron chi connectivity index (χ4n) is 1.64. The lowest BCUT2D eigenvalue weighted by Crippen LogP contribution is -2.16. The third kappa shape index (κ3) is 3.85. The topological polar surface area (TPSA) is 78.4 Å². The molecule has 0 spiro atoms. The molecule has 5 heteroatoms. The Morgan fingerprint density at radius 1 is 1.33 bits per heavy atom. The van der Waals surface area contributed by atoms with E-state index >= 15 is 0 Å². The van der Waals surface area contributed by atoms with Crippen molar-refractivity contribution < 1.29 is 14.7 Å². The monoisotopic (exact) mass is 250 g/mol. The molecular formula is C13H18N2O3. The van der Waals surface area contributed by atoms with Crippen LogP contribution >= 0.6 is 0 Å². The lowest BCUT2D eigenvalue weighted by atomic mass is 10.1. The first kappa shape index (κ1) is 14.2. The van der Waals surface area contributed by atoms with Gasteiger partial charge in [-0.05, 0) is 44.6 Å². The van der Waals surface area contributed by atoms with Gasteiger partial charge in [0.25, 0.3) is 0 Å². The molecule has 5 nitrogen and oxygen atoms in total. The summed E-state index contributed by atoms with van der Waals surface area (Å²) in [6.07, 6.45) is 1.16. The van der Waals surface area contributed by atoms with Gasteiger partial charge in [-0.1, -0.05) is 6.07 Å². The Hall–Kier alpha value is -1.88. The number of benzene rings is 1. The summed E-state index contributed by atoms with van der Waals surface area (Å²) in [6, 6.07) is 4.85. The van der Waals surface area contributed by atoms with E-state index in [1.54, 1.807) is 19.1 Å². The van der Waals surface area contributed by atoms with Gasteiger partial charge in [0.05, 0.1) is 5.56 Å². The summed E-state index contributed by atoms with van der Waals surface area (Å²) in [5.74, 6) is -1.09. The Labute approximate surface area is 106 Å². The van der Waals surface area contributed by atoms with Crippen molar-refractivity contribution in [1.29, 1.82) is 0 Å². The van der Waals surface area contributed by atoms with Crippen LogP contribution in [0.1, 0.15) is 28.8 Å². The van der Waals surface area contributed by atoms with Crippen molar-refractivity contribution in [3.05, 3.63) is 29.3 Å². The van der Waals surface area contributed by atoms with Gasteiger partial charge in [-0.25, -0.2) is 4.79 Å². The van der Waals surface area contributed by atoms with Crippen LogP contribution in [0, 0.1) is 6.92 Å². The maximum absolute atomic E-state index is 11.6. The predicted octanol–water partition coefficient (Wildman–Crippen LogP) is 1.63. The number of carboxylic acids is 1.